The SMILES string of the molecule is CNC(CCN1CC(C)C(C)C1)c1cccc(F)c1. The number of hydrogen-bond acceptors (Lipinski definition) is 2. The summed E-state index contributed by atoms with van der Waals surface area (Å²) in [4.78, 5) is 2.53. The highest BCUT2D eigenvalue weighted by Gasteiger charge is 2.26. The van der Waals surface area contributed by atoms with E-state index in [1.807, 2.05) is 13.1 Å². The van der Waals surface area contributed by atoms with Crippen molar-refractivity contribution in [2.75, 3.05) is 26.7 Å². The lowest BCUT2D eigenvalue weighted by Crippen LogP contribution is -2.27. The van der Waals surface area contributed by atoms with E-state index in [2.05, 4.69) is 24.1 Å². The van der Waals surface area contributed by atoms with Crippen LogP contribution in [-0.4, -0.2) is 31.6 Å². The number of halogens is 1. The van der Waals surface area contributed by atoms with Gasteiger partial charge in [-0.25, -0.2) is 4.39 Å². The van der Waals surface area contributed by atoms with Crippen LogP contribution in [0.5, 0.6) is 0 Å². The summed E-state index contributed by atoms with van der Waals surface area (Å²) in [6, 6.07) is 7.16. The summed E-state index contributed by atoms with van der Waals surface area (Å²) in [6.07, 6.45) is 1.03. The number of nitrogens with zero attached hydrogens (tertiary/aromatic N) is 1. The largest absolute Gasteiger partial charge is 0.313 e. The zero-order valence-electron chi connectivity index (χ0n) is 12.2. The van der Waals surface area contributed by atoms with E-state index in [-0.39, 0.29) is 11.9 Å². The third-order valence-corrected chi connectivity index (χ3v) is 4.40. The standard InChI is InChI=1S/C16H25FN2/c1-12-10-19(11-13(12)2)8-7-16(18-3)14-5-4-6-15(17)9-14/h4-6,9,12-13,16,18H,7-8,10-11H2,1-3H3. The Morgan fingerprint density at radius 2 is 2.00 bits per heavy atom. The minimum Gasteiger partial charge on any atom is -0.313 e. The van der Waals surface area contributed by atoms with Crippen molar-refractivity contribution in [1.29, 1.82) is 0 Å². The summed E-state index contributed by atoms with van der Waals surface area (Å²) < 4.78 is 13.3. The van der Waals surface area contributed by atoms with Gasteiger partial charge in [0.25, 0.3) is 0 Å². The van der Waals surface area contributed by atoms with Crippen molar-refractivity contribution in [3.05, 3.63) is 35.6 Å². The number of benzene rings is 1. The summed E-state index contributed by atoms with van der Waals surface area (Å²) in [7, 11) is 1.95. The van der Waals surface area contributed by atoms with E-state index in [4.69, 9.17) is 0 Å². The van der Waals surface area contributed by atoms with Gasteiger partial charge in [0.05, 0.1) is 0 Å². The van der Waals surface area contributed by atoms with E-state index in [0.717, 1.165) is 30.4 Å². The van der Waals surface area contributed by atoms with Crippen LogP contribution in [0.1, 0.15) is 31.9 Å². The Morgan fingerprint density at radius 3 is 2.58 bits per heavy atom. The molecule has 3 heteroatoms. The minimum atomic E-state index is -0.152. The van der Waals surface area contributed by atoms with Gasteiger partial charge in [-0.15, -0.1) is 0 Å². The quantitative estimate of drug-likeness (QED) is 0.879. The lowest BCUT2D eigenvalue weighted by Gasteiger charge is -2.21. The molecule has 3 unspecified atom stereocenters. The Bertz CT molecular complexity index is 397. The van der Waals surface area contributed by atoms with E-state index in [9.17, 15) is 4.39 Å². The molecule has 1 heterocycles. The van der Waals surface area contributed by atoms with Crippen LogP contribution < -0.4 is 5.32 Å². The molecule has 0 aliphatic carbocycles. The first-order valence-corrected chi connectivity index (χ1v) is 7.25. The maximum Gasteiger partial charge on any atom is 0.123 e. The number of likely N-dealkylation sites (tertiary alicyclic amines) is 1. The van der Waals surface area contributed by atoms with E-state index >= 15 is 0 Å². The Kier molecular flexibility index (Phi) is 4.94. The van der Waals surface area contributed by atoms with Gasteiger partial charge in [-0.05, 0) is 49.5 Å². The monoisotopic (exact) mass is 264 g/mol. The van der Waals surface area contributed by atoms with Gasteiger partial charge in [0.15, 0.2) is 0 Å². The first-order chi connectivity index (χ1) is 9.10. The summed E-state index contributed by atoms with van der Waals surface area (Å²) in [5.41, 5.74) is 1.04. The molecule has 2 nitrogen and oxygen atoms in total. The molecule has 1 aromatic carbocycles. The van der Waals surface area contributed by atoms with E-state index < -0.39 is 0 Å². The predicted molar refractivity (Wildman–Crippen MR) is 77.6 cm³/mol. The molecule has 0 aromatic heterocycles. The van der Waals surface area contributed by atoms with Crippen molar-refractivity contribution >= 4 is 0 Å². The Hall–Kier alpha value is -0.930. The molecule has 1 aliphatic rings. The lowest BCUT2D eigenvalue weighted by atomic mass is 10.0. The van der Waals surface area contributed by atoms with Crippen LogP contribution >= 0.6 is 0 Å². The first kappa shape index (κ1) is 14.5. The highest BCUT2D eigenvalue weighted by atomic mass is 19.1. The number of hydrogen-bond donors (Lipinski definition) is 1. The van der Waals surface area contributed by atoms with E-state index in [0.29, 0.717) is 0 Å². The molecule has 0 saturated carbocycles. The molecule has 0 radical (unpaired) electrons. The van der Waals surface area contributed by atoms with E-state index in [1.165, 1.54) is 19.2 Å². The van der Waals surface area contributed by atoms with Crippen molar-refractivity contribution < 1.29 is 4.39 Å². The molecule has 0 bridgehead atoms. The molecule has 0 spiro atoms. The van der Waals surface area contributed by atoms with Gasteiger partial charge >= 0.3 is 0 Å². The maximum absolute atomic E-state index is 13.3. The molecule has 1 aromatic rings. The Balaban J connectivity index is 1.90. The first-order valence-electron chi connectivity index (χ1n) is 7.25. The fourth-order valence-electron chi connectivity index (χ4n) is 2.94. The van der Waals surface area contributed by atoms with Gasteiger partial charge in [0, 0.05) is 19.1 Å². The van der Waals surface area contributed by atoms with E-state index in [1.54, 1.807) is 12.1 Å². The second kappa shape index (κ2) is 6.49. The average Bonchev–Trinajstić information content (AvgIpc) is 2.70. The molecule has 1 N–H and O–H groups in total. The molecule has 1 aliphatic heterocycles. The van der Waals surface area contributed by atoms with Crippen molar-refractivity contribution in [3.63, 3.8) is 0 Å². The molecular formula is C16H25FN2. The average molecular weight is 264 g/mol. The van der Waals surface area contributed by atoms with Crippen molar-refractivity contribution in [1.82, 2.24) is 10.2 Å². The predicted octanol–water partition coefficient (Wildman–Crippen LogP) is 3.06. The number of rotatable bonds is 5. The third kappa shape index (κ3) is 3.77. The highest BCUT2D eigenvalue weighted by molar-refractivity contribution is 5.20. The molecule has 3 atom stereocenters. The second-order valence-corrected chi connectivity index (χ2v) is 5.90. The number of nitrogens with one attached hydrogen (secondary N) is 1. The summed E-state index contributed by atoms with van der Waals surface area (Å²) in [5.74, 6) is 1.44. The van der Waals surface area contributed by atoms with Crippen LogP contribution in [-0.2, 0) is 0 Å². The molecule has 1 fully saturated rings. The Labute approximate surface area is 116 Å². The molecule has 0 amide bonds. The van der Waals surface area contributed by atoms with Gasteiger partial charge in [-0.3, -0.25) is 0 Å². The molecule has 2 rings (SSSR count). The third-order valence-electron chi connectivity index (χ3n) is 4.40. The van der Waals surface area contributed by atoms with Crippen molar-refractivity contribution in [3.8, 4) is 0 Å². The smallest absolute Gasteiger partial charge is 0.123 e. The maximum atomic E-state index is 13.3. The van der Waals surface area contributed by atoms with Gasteiger partial charge < -0.3 is 10.2 Å². The normalized spacial score (nSPS) is 25.7. The Morgan fingerprint density at radius 1 is 1.32 bits per heavy atom. The lowest BCUT2D eigenvalue weighted by molar-refractivity contribution is 0.301. The second-order valence-electron chi connectivity index (χ2n) is 5.90. The van der Waals surface area contributed by atoms with Gasteiger partial charge in [0.1, 0.15) is 5.82 Å². The topological polar surface area (TPSA) is 15.3 Å². The van der Waals surface area contributed by atoms with Crippen LogP contribution in [0.3, 0.4) is 0 Å². The van der Waals surface area contributed by atoms with Crippen LogP contribution in [0, 0.1) is 17.7 Å². The fourth-order valence-corrected chi connectivity index (χ4v) is 2.94. The van der Waals surface area contributed by atoms with Crippen molar-refractivity contribution in [2.45, 2.75) is 26.3 Å². The van der Waals surface area contributed by atoms with Crippen molar-refractivity contribution in [2.24, 2.45) is 11.8 Å². The molecular weight excluding hydrogens is 239 g/mol. The summed E-state index contributed by atoms with van der Waals surface area (Å²) in [5, 5.41) is 3.30. The van der Waals surface area contributed by atoms with Crippen LogP contribution in [0.25, 0.3) is 0 Å². The minimum absolute atomic E-state index is 0.152. The summed E-state index contributed by atoms with van der Waals surface area (Å²) >= 11 is 0. The van der Waals surface area contributed by atoms with Crippen LogP contribution in [0.4, 0.5) is 4.39 Å². The van der Waals surface area contributed by atoms with Gasteiger partial charge in [-0.1, -0.05) is 26.0 Å². The van der Waals surface area contributed by atoms with Gasteiger partial charge in [0.2, 0.25) is 0 Å². The molecule has 106 valence electrons. The molecule has 1 saturated heterocycles. The van der Waals surface area contributed by atoms with Crippen LogP contribution in [0.2, 0.25) is 0 Å². The van der Waals surface area contributed by atoms with Gasteiger partial charge in [-0.2, -0.15) is 0 Å². The zero-order chi connectivity index (χ0) is 13.8. The fraction of sp³-hybridized carbons (Fsp3) is 0.625. The van der Waals surface area contributed by atoms with Crippen LogP contribution in [0.15, 0.2) is 24.3 Å². The molecule has 19 heavy (non-hydrogen) atoms. The highest BCUT2D eigenvalue weighted by Crippen LogP contribution is 2.24. The zero-order valence-corrected chi connectivity index (χ0v) is 12.2. The summed E-state index contributed by atoms with van der Waals surface area (Å²) in [6.45, 7) is 8.12.